The molecular weight excluding hydrogens is 256 g/mol. The Hall–Kier alpha value is -1.10. The van der Waals surface area contributed by atoms with Gasteiger partial charge in [0.2, 0.25) is 11.8 Å². The van der Waals surface area contributed by atoms with Gasteiger partial charge in [0.15, 0.2) is 0 Å². The van der Waals surface area contributed by atoms with E-state index < -0.39 is 6.10 Å². The van der Waals surface area contributed by atoms with E-state index in [1.165, 1.54) is 12.8 Å². The van der Waals surface area contributed by atoms with E-state index in [0.29, 0.717) is 31.8 Å². The van der Waals surface area contributed by atoms with Gasteiger partial charge in [0.25, 0.3) is 0 Å². The van der Waals surface area contributed by atoms with E-state index in [-0.39, 0.29) is 17.7 Å². The molecule has 1 unspecified atom stereocenters. The molecule has 0 bridgehead atoms. The summed E-state index contributed by atoms with van der Waals surface area (Å²) in [7, 11) is 0. The van der Waals surface area contributed by atoms with Gasteiger partial charge in [0.05, 0.1) is 6.10 Å². The van der Waals surface area contributed by atoms with Crippen molar-refractivity contribution >= 4 is 11.8 Å². The summed E-state index contributed by atoms with van der Waals surface area (Å²) in [5.41, 5.74) is 0. The van der Waals surface area contributed by atoms with Crippen molar-refractivity contribution < 1.29 is 14.7 Å². The van der Waals surface area contributed by atoms with Crippen LogP contribution in [0, 0.1) is 11.8 Å². The average Bonchev–Trinajstić information content (AvgIpc) is 3.15. The van der Waals surface area contributed by atoms with E-state index in [2.05, 4.69) is 10.6 Å². The molecule has 2 aliphatic rings. The lowest BCUT2D eigenvalue weighted by atomic mass is 10.0. The van der Waals surface area contributed by atoms with Crippen LogP contribution in [0.15, 0.2) is 0 Å². The van der Waals surface area contributed by atoms with Crippen LogP contribution in [0.4, 0.5) is 0 Å². The normalized spacial score (nSPS) is 20.6. The maximum atomic E-state index is 11.6. The van der Waals surface area contributed by atoms with Crippen LogP contribution in [0.3, 0.4) is 0 Å². The Balaban J connectivity index is 1.48. The standard InChI is InChI=1S/C15H26N2O3/c18-13(11-4-1-2-5-11)10-17-14(19)6-3-9-16-15(20)12-7-8-12/h11-13,18H,1-10H2,(H,16,20)(H,17,19). The van der Waals surface area contributed by atoms with Gasteiger partial charge in [0.1, 0.15) is 0 Å². The van der Waals surface area contributed by atoms with E-state index in [0.717, 1.165) is 25.7 Å². The zero-order valence-corrected chi connectivity index (χ0v) is 12.1. The second-order valence-corrected chi connectivity index (χ2v) is 6.08. The van der Waals surface area contributed by atoms with Gasteiger partial charge >= 0.3 is 0 Å². The minimum absolute atomic E-state index is 0.0392. The Kier molecular flexibility index (Phi) is 5.83. The fraction of sp³-hybridized carbons (Fsp3) is 0.867. The van der Waals surface area contributed by atoms with Crippen molar-refractivity contribution in [1.29, 1.82) is 0 Å². The minimum Gasteiger partial charge on any atom is -0.391 e. The van der Waals surface area contributed by atoms with Crippen LogP contribution < -0.4 is 10.6 Å². The maximum Gasteiger partial charge on any atom is 0.223 e. The van der Waals surface area contributed by atoms with Crippen molar-refractivity contribution in [2.45, 2.75) is 57.5 Å². The lowest BCUT2D eigenvalue weighted by molar-refractivity contribution is -0.123. The molecule has 0 saturated heterocycles. The molecule has 0 spiro atoms. The summed E-state index contributed by atoms with van der Waals surface area (Å²) >= 11 is 0. The number of amides is 2. The van der Waals surface area contributed by atoms with E-state index in [4.69, 9.17) is 0 Å². The third-order valence-electron chi connectivity index (χ3n) is 4.28. The highest BCUT2D eigenvalue weighted by Gasteiger charge is 2.29. The largest absolute Gasteiger partial charge is 0.391 e. The highest BCUT2D eigenvalue weighted by atomic mass is 16.3. The quantitative estimate of drug-likeness (QED) is 0.580. The first kappa shape index (κ1) is 15.3. The van der Waals surface area contributed by atoms with Crippen molar-refractivity contribution in [1.82, 2.24) is 10.6 Å². The number of rotatable bonds is 8. The van der Waals surface area contributed by atoms with Crippen molar-refractivity contribution in [2.75, 3.05) is 13.1 Å². The Morgan fingerprint density at radius 3 is 2.45 bits per heavy atom. The molecule has 0 aromatic carbocycles. The number of carbonyl (C=O) groups excluding carboxylic acids is 2. The predicted octanol–water partition coefficient (Wildman–Crippen LogP) is 0.960. The van der Waals surface area contributed by atoms with Crippen molar-refractivity contribution in [3.8, 4) is 0 Å². The molecule has 2 aliphatic carbocycles. The first-order valence-corrected chi connectivity index (χ1v) is 7.89. The fourth-order valence-electron chi connectivity index (χ4n) is 2.77. The third-order valence-corrected chi connectivity index (χ3v) is 4.28. The Morgan fingerprint density at radius 1 is 1.10 bits per heavy atom. The van der Waals surface area contributed by atoms with Crippen LogP contribution in [0.2, 0.25) is 0 Å². The Labute approximate surface area is 120 Å². The average molecular weight is 282 g/mol. The van der Waals surface area contributed by atoms with E-state index in [1.54, 1.807) is 0 Å². The van der Waals surface area contributed by atoms with Crippen molar-refractivity contribution in [2.24, 2.45) is 11.8 Å². The Morgan fingerprint density at radius 2 is 1.80 bits per heavy atom. The van der Waals surface area contributed by atoms with Gasteiger partial charge in [-0.2, -0.15) is 0 Å². The van der Waals surface area contributed by atoms with Gasteiger partial charge in [-0.05, 0) is 38.0 Å². The van der Waals surface area contributed by atoms with Gasteiger partial charge in [0, 0.05) is 25.4 Å². The molecule has 0 aromatic heterocycles. The topological polar surface area (TPSA) is 78.4 Å². The summed E-state index contributed by atoms with van der Waals surface area (Å²) in [5, 5.41) is 15.6. The molecular formula is C15H26N2O3. The molecule has 0 heterocycles. The molecule has 2 amide bonds. The summed E-state index contributed by atoms with van der Waals surface area (Å²) in [6.07, 6.45) is 7.19. The monoisotopic (exact) mass is 282 g/mol. The lowest BCUT2D eigenvalue weighted by Crippen LogP contribution is -2.36. The van der Waals surface area contributed by atoms with Crippen LogP contribution in [0.5, 0.6) is 0 Å². The summed E-state index contributed by atoms with van der Waals surface area (Å²) in [4.78, 5) is 23.0. The van der Waals surface area contributed by atoms with Crippen LogP contribution in [-0.4, -0.2) is 36.1 Å². The van der Waals surface area contributed by atoms with Gasteiger partial charge in [-0.15, -0.1) is 0 Å². The molecule has 114 valence electrons. The van der Waals surface area contributed by atoms with Crippen molar-refractivity contribution in [3.63, 3.8) is 0 Å². The molecule has 2 fully saturated rings. The maximum absolute atomic E-state index is 11.6. The highest BCUT2D eigenvalue weighted by Crippen LogP contribution is 2.28. The summed E-state index contributed by atoms with van der Waals surface area (Å²) in [6, 6.07) is 0. The van der Waals surface area contributed by atoms with Gasteiger partial charge in [-0.3, -0.25) is 9.59 Å². The summed E-state index contributed by atoms with van der Waals surface area (Å²) in [6.45, 7) is 0.922. The first-order valence-electron chi connectivity index (χ1n) is 7.89. The Bertz CT molecular complexity index is 336. The number of aliphatic hydroxyl groups is 1. The smallest absolute Gasteiger partial charge is 0.223 e. The van der Waals surface area contributed by atoms with E-state index in [1.807, 2.05) is 0 Å². The molecule has 5 heteroatoms. The predicted molar refractivity (Wildman–Crippen MR) is 75.9 cm³/mol. The molecule has 1 atom stereocenters. The van der Waals surface area contributed by atoms with Crippen LogP contribution in [0.25, 0.3) is 0 Å². The zero-order valence-electron chi connectivity index (χ0n) is 12.1. The van der Waals surface area contributed by atoms with Crippen molar-refractivity contribution in [3.05, 3.63) is 0 Å². The van der Waals surface area contributed by atoms with Crippen LogP contribution in [0.1, 0.15) is 51.4 Å². The first-order chi connectivity index (χ1) is 9.66. The SMILES string of the molecule is O=C(CCCNC(=O)C1CC1)NCC(O)C1CCCC1. The third kappa shape index (κ3) is 5.12. The summed E-state index contributed by atoms with van der Waals surface area (Å²) < 4.78 is 0. The van der Waals surface area contributed by atoms with Crippen LogP contribution in [-0.2, 0) is 9.59 Å². The lowest BCUT2D eigenvalue weighted by Gasteiger charge is -2.18. The van der Waals surface area contributed by atoms with Gasteiger partial charge in [-0.1, -0.05) is 12.8 Å². The molecule has 2 rings (SSSR count). The zero-order chi connectivity index (χ0) is 14.4. The molecule has 3 N–H and O–H groups in total. The molecule has 0 aliphatic heterocycles. The second kappa shape index (κ2) is 7.62. The minimum atomic E-state index is -0.406. The summed E-state index contributed by atoms with van der Waals surface area (Å²) in [5.74, 6) is 0.670. The number of carbonyl (C=O) groups is 2. The number of hydrogen-bond donors (Lipinski definition) is 3. The van der Waals surface area contributed by atoms with Gasteiger partial charge in [-0.25, -0.2) is 0 Å². The number of aliphatic hydroxyl groups excluding tert-OH is 1. The molecule has 0 aromatic rings. The molecule has 2 saturated carbocycles. The van der Waals surface area contributed by atoms with E-state index >= 15 is 0 Å². The van der Waals surface area contributed by atoms with Crippen LogP contribution >= 0.6 is 0 Å². The number of hydrogen-bond acceptors (Lipinski definition) is 3. The number of nitrogens with one attached hydrogen (secondary N) is 2. The molecule has 20 heavy (non-hydrogen) atoms. The molecule has 0 radical (unpaired) electrons. The van der Waals surface area contributed by atoms with E-state index in [9.17, 15) is 14.7 Å². The van der Waals surface area contributed by atoms with Gasteiger partial charge < -0.3 is 15.7 Å². The molecule has 5 nitrogen and oxygen atoms in total. The second-order valence-electron chi connectivity index (χ2n) is 6.08. The fourth-order valence-corrected chi connectivity index (χ4v) is 2.77. The highest BCUT2D eigenvalue weighted by molar-refractivity contribution is 5.81.